The van der Waals surface area contributed by atoms with Crippen LogP contribution in [-0.2, 0) is 29.1 Å². The Morgan fingerprint density at radius 2 is 2.12 bits per heavy atom. The lowest BCUT2D eigenvalue weighted by Gasteiger charge is -2.15. The van der Waals surface area contributed by atoms with Gasteiger partial charge >= 0.3 is 5.97 Å². The highest BCUT2D eigenvalue weighted by Crippen LogP contribution is 2.28. The molecule has 1 unspecified atom stereocenters. The molecule has 6 nitrogen and oxygen atoms in total. The second-order valence-electron chi connectivity index (χ2n) is 7.22. The van der Waals surface area contributed by atoms with Crippen molar-refractivity contribution in [2.45, 2.75) is 59.1 Å². The van der Waals surface area contributed by atoms with Gasteiger partial charge in [0.1, 0.15) is 18.2 Å². The van der Waals surface area contributed by atoms with Crippen LogP contribution in [0.25, 0.3) is 0 Å². The minimum absolute atomic E-state index is 0.0696. The molecule has 1 atom stereocenters. The van der Waals surface area contributed by atoms with Crippen molar-refractivity contribution < 1.29 is 14.3 Å². The largest absolute Gasteiger partial charge is 0.485 e. The van der Waals surface area contributed by atoms with Crippen molar-refractivity contribution in [3.05, 3.63) is 41.0 Å². The van der Waals surface area contributed by atoms with Gasteiger partial charge in [0.05, 0.1) is 13.0 Å². The van der Waals surface area contributed by atoms with E-state index in [-0.39, 0.29) is 11.9 Å². The highest BCUT2D eigenvalue weighted by Gasteiger charge is 2.25. The third-order valence-corrected chi connectivity index (χ3v) is 5.00. The van der Waals surface area contributed by atoms with Crippen molar-refractivity contribution in [1.82, 2.24) is 14.8 Å². The van der Waals surface area contributed by atoms with Gasteiger partial charge in [-0.15, -0.1) is 10.2 Å². The first kappa shape index (κ1) is 18.4. The number of fused-ring (bicyclic) bond motifs is 1. The zero-order valence-corrected chi connectivity index (χ0v) is 16.0. The van der Waals surface area contributed by atoms with E-state index in [1.165, 1.54) is 18.2 Å². The van der Waals surface area contributed by atoms with E-state index in [0.717, 1.165) is 36.7 Å². The van der Waals surface area contributed by atoms with Crippen LogP contribution in [0.1, 0.15) is 55.4 Å². The summed E-state index contributed by atoms with van der Waals surface area (Å²) in [6.45, 7) is 7.47. The summed E-state index contributed by atoms with van der Waals surface area (Å²) in [4.78, 5) is 11.8. The standard InChI is InChI=1S/C20H27N3O3/c1-13(2)16-7-5-14(3)11-17(16)26-12-19-22-21-18-8-6-15(20(24)25-4)9-10-23(18)19/h5,7,11,13,15H,6,8-10,12H2,1-4H3. The van der Waals surface area contributed by atoms with Crippen LogP contribution in [0.4, 0.5) is 0 Å². The summed E-state index contributed by atoms with van der Waals surface area (Å²) in [6, 6.07) is 6.31. The van der Waals surface area contributed by atoms with Gasteiger partial charge in [-0.05, 0) is 42.9 Å². The lowest BCUT2D eigenvalue weighted by molar-refractivity contribution is -0.145. The predicted molar refractivity (Wildman–Crippen MR) is 98.1 cm³/mol. The van der Waals surface area contributed by atoms with E-state index in [1.807, 2.05) is 0 Å². The van der Waals surface area contributed by atoms with Crippen molar-refractivity contribution in [3.63, 3.8) is 0 Å². The number of methoxy groups -OCH3 is 1. The number of aryl methyl sites for hydroxylation is 2. The fraction of sp³-hybridized carbons (Fsp3) is 0.550. The molecule has 0 aliphatic carbocycles. The summed E-state index contributed by atoms with van der Waals surface area (Å²) in [5, 5.41) is 8.62. The van der Waals surface area contributed by atoms with Crippen LogP contribution >= 0.6 is 0 Å². The molecule has 0 radical (unpaired) electrons. The monoisotopic (exact) mass is 357 g/mol. The molecule has 0 saturated heterocycles. The van der Waals surface area contributed by atoms with E-state index in [2.05, 4.69) is 53.7 Å². The second kappa shape index (κ2) is 7.89. The topological polar surface area (TPSA) is 66.2 Å². The molecule has 26 heavy (non-hydrogen) atoms. The first-order valence-corrected chi connectivity index (χ1v) is 9.21. The highest BCUT2D eigenvalue weighted by molar-refractivity contribution is 5.72. The quantitative estimate of drug-likeness (QED) is 0.767. The average Bonchev–Trinajstić information content (AvgIpc) is 2.88. The summed E-state index contributed by atoms with van der Waals surface area (Å²) in [5.41, 5.74) is 2.36. The lowest BCUT2D eigenvalue weighted by Crippen LogP contribution is -2.17. The molecule has 1 aliphatic rings. The van der Waals surface area contributed by atoms with E-state index in [9.17, 15) is 4.79 Å². The molecular weight excluding hydrogens is 330 g/mol. The van der Waals surface area contributed by atoms with E-state index < -0.39 is 0 Å². The Morgan fingerprint density at radius 3 is 2.85 bits per heavy atom. The molecule has 0 spiro atoms. The second-order valence-corrected chi connectivity index (χ2v) is 7.22. The van der Waals surface area contributed by atoms with E-state index in [0.29, 0.717) is 19.1 Å². The van der Waals surface area contributed by atoms with Gasteiger partial charge in [0, 0.05) is 13.0 Å². The van der Waals surface area contributed by atoms with Gasteiger partial charge in [0.15, 0.2) is 5.82 Å². The number of ether oxygens (including phenoxy) is 2. The van der Waals surface area contributed by atoms with Crippen molar-refractivity contribution in [2.24, 2.45) is 5.92 Å². The SMILES string of the molecule is COC(=O)C1CCc2nnc(COc3cc(C)ccc3C(C)C)n2CC1. The first-order chi connectivity index (χ1) is 12.5. The van der Waals surface area contributed by atoms with Crippen LogP contribution in [0.15, 0.2) is 18.2 Å². The Balaban J connectivity index is 1.73. The predicted octanol–water partition coefficient (Wildman–Crippen LogP) is 3.41. The highest BCUT2D eigenvalue weighted by atomic mass is 16.5. The van der Waals surface area contributed by atoms with Crippen LogP contribution in [0.3, 0.4) is 0 Å². The maximum Gasteiger partial charge on any atom is 0.308 e. The third kappa shape index (κ3) is 3.89. The van der Waals surface area contributed by atoms with Gasteiger partial charge in [0.25, 0.3) is 0 Å². The molecule has 1 aromatic heterocycles. The molecular formula is C20H27N3O3. The Hall–Kier alpha value is -2.37. The summed E-state index contributed by atoms with van der Waals surface area (Å²) < 4.78 is 13.1. The molecule has 0 fully saturated rings. The van der Waals surface area contributed by atoms with Crippen molar-refractivity contribution >= 4 is 5.97 Å². The zero-order chi connectivity index (χ0) is 18.7. The van der Waals surface area contributed by atoms with Crippen molar-refractivity contribution in [1.29, 1.82) is 0 Å². The number of carbonyl (C=O) groups excluding carboxylic acids is 1. The number of carbonyl (C=O) groups is 1. The molecule has 2 heterocycles. The molecule has 1 aliphatic heterocycles. The molecule has 0 saturated carbocycles. The summed E-state index contributed by atoms with van der Waals surface area (Å²) in [5.74, 6) is 2.81. The molecule has 2 aromatic rings. The van der Waals surface area contributed by atoms with E-state index >= 15 is 0 Å². The maximum absolute atomic E-state index is 11.8. The van der Waals surface area contributed by atoms with E-state index in [1.54, 1.807) is 0 Å². The number of benzene rings is 1. The Bertz CT molecular complexity index is 783. The van der Waals surface area contributed by atoms with Gasteiger partial charge in [-0.1, -0.05) is 26.0 Å². The third-order valence-electron chi connectivity index (χ3n) is 5.00. The summed E-state index contributed by atoms with van der Waals surface area (Å²) >= 11 is 0. The van der Waals surface area contributed by atoms with Gasteiger partial charge < -0.3 is 14.0 Å². The summed E-state index contributed by atoms with van der Waals surface area (Å²) in [6.07, 6.45) is 2.22. The molecule has 0 N–H and O–H groups in total. The zero-order valence-electron chi connectivity index (χ0n) is 16.0. The smallest absolute Gasteiger partial charge is 0.308 e. The molecule has 0 amide bonds. The van der Waals surface area contributed by atoms with Gasteiger partial charge in [0.2, 0.25) is 0 Å². The van der Waals surface area contributed by atoms with Crippen LogP contribution in [0.2, 0.25) is 0 Å². The van der Waals surface area contributed by atoms with Gasteiger partial charge in [-0.3, -0.25) is 4.79 Å². The van der Waals surface area contributed by atoms with Crippen molar-refractivity contribution in [2.75, 3.05) is 7.11 Å². The fourth-order valence-electron chi connectivity index (χ4n) is 3.44. The number of rotatable bonds is 5. The Morgan fingerprint density at radius 1 is 1.31 bits per heavy atom. The maximum atomic E-state index is 11.8. The lowest BCUT2D eigenvalue weighted by atomic mass is 10.0. The number of hydrogen-bond acceptors (Lipinski definition) is 5. The molecule has 140 valence electrons. The molecule has 1 aromatic carbocycles. The van der Waals surface area contributed by atoms with E-state index in [4.69, 9.17) is 9.47 Å². The van der Waals surface area contributed by atoms with Gasteiger partial charge in [-0.25, -0.2) is 0 Å². The van der Waals surface area contributed by atoms with Crippen LogP contribution in [0.5, 0.6) is 5.75 Å². The molecule has 6 heteroatoms. The Kier molecular flexibility index (Phi) is 5.59. The van der Waals surface area contributed by atoms with Gasteiger partial charge in [-0.2, -0.15) is 0 Å². The normalized spacial score (nSPS) is 16.9. The van der Waals surface area contributed by atoms with Crippen LogP contribution in [-0.4, -0.2) is 27.8 Å². The molecule has 3 rings (SSSR count). The average molecular weight is 357 g/mol. The Labute approximate surface area is 154 Å². The number of hydrogen-bond donors (Lipinski definition) is 0. The van der Waals surface area contributed by atoms with Crippen LogP contribution < -0.4 is 4.74 Å². The first-order valence-electron chi connectivity index (χ1n) is 9.21. The number of nitrogens with zero attached hydrogens (tertiary/aromatic N) is 3. The minimum Gasteiger partial charge on any atom is -0.485 e. The number of aromatic nitrogens is 3. The fourth-order valence-corrected chi connectivity index (χ4v) is 3.44. The summed E-state index contributed by atoms with van der Waals surface area (Å²) in [7, 11) is 1.45. The molecule has 0 bridgehead atoms. The van der Waals surface area contributed by atoms with Crippen molar-refractivity contribution in [3.8, 4) is 5.75 Å². The number of esters is 1. The van der Waals surface area contributed by atoms with Crippen LogP contribution in [0, 0.1) is 12.8 Å². The minimum atomic E-state index is -0.136.